The number of aryl methyl sites for hydroxylation is 1. The molecule has 3 nitrogen and oxygen atoms in total. The minimum atomic E-state index is 0.124. The Bertz CT molecular complexity index is 555. The molecule has 0 bridgehead atoms. The van der Waals surface area contributed by atoms with Crippen LogP contribution in [0, 0.1) is 6.92 Å². The Labute approximate surface area is 118 Å². The minimum absolute atomic E-state index is 0.124. The van der Waals surface area contributed by atoms with Gasteiger partial charge in [-0.1, -0.05) is 23.7 Å². The highest BCUT2D eigenvalue weighted by molar-refractivity contribution is 6.29. The number of methoxy groups -OCH3 is 1. The maximum Gasteiger partial charge on any atom is 0.129 e. The molecule has 0 spiro atoms. The summed E-state index contributed by atoms with van der Waals surface area (Å²) in [6, 6.07) is 9.99. The van der Waals surface area contributed by atoms with Crippen molar-refractivity contribution in [2.75, 3.05) is 12.4 Å². The van der Waals surface area contributed by atoms with Crippen LogP contribution in [0.4, 0.5) is 5.69 Å². The molecule has 2 rings (SSSR count). The van der Waals surface area contributed by atoms with Crippen molar-refractivity contribution in [3.8, 4) is 5.75 Å². The lowest BCUT2D eigenvalue weighted by Gasteiger charge is -2.18. The molecule has 0 saturated carbocycles. The number of hydrogen-bond acceptors (Lipinski definition) is 3. The third-order valence-corrected chi connectivity index (χ3v) is 3.19. The van der Waals surface area contributed by atoms with Gasteiger partial charge in [0, 0.05) is 5.56 Å². The van der Waals surface area contributed by atoms with E-state index >= 15 is 0 Å². The van der Waals surface area contributed by atoms with Crippen LogP contribution in [0.3, 0.4) is 0 Å². The molecule has 2 aromatic rings. The van der Waals surface area contributed by atoms with Crippen LogP contribution >= 0.6 is 11.6 Å². The molecule has 1 unspecified atom stereocenters. The van der Waals surface area contributed by atoms with Crippen LogP contribution in [-0.4, -0.2) is 12.1 Å². The predicted octanol–water partition coefficient (Wildman–Crippen LogP) is 4.23. The first-order chi connectivity index (χ1) is 9.10. The molecule has 1 atom stereocenters. The number of rotatable bonds is 4. The Morgan fingerprint density at radius 3 is 2.68 bits per heavy atom. The van der Waals surface area contributed by atoms with E-state index in [9.17, 15) is 0 Å². The van der Waals surface area contributed by atoms with Crippen molar-refractivity contribution < 1.29 is 4.74 Å². The second-order valence-electron chi connectivity index (χ2n) is 4.48. The number of anilines is 1. The van der Waals surface area contributed by atoms with Crippen molar-refractivity contribution in [1.29, 1.82) is 0 Å². The first kappa shape index (κ1) is 13.7. The normalized spacial score (nSPS) is 12.0. The summed E-state index contributed by atoms with van der Waals surface area (Å²) in [5.74, 6) is 0.891. The van der Waals surface area contributed by atoms with Crippen molar-refractivity contribution in [3.05, 3.63) is 52.8 Å². The summed E-state index contributed by atoms with van der Waals surface area (Å²) in [7, 11) is 1.69. The summed E-state index contributed by atoms with van der Waals surface area (Å²) in [4.78, 5) is 4.05. The van der Waals surface area contributed by atoms with Crippen molar-refractivity contribution in [2.24, 2.45) is 0 Å². The van der Waals surface area contributed by atoms with Crippen LogP contribution in [0.1, 0.15) is 24.1 Å². The largest absolute Gasteiger partial charge is 0.496 e. The van der Waals surface area contributed by atoms with Gasteiger partial charge in [-0.2, -0.15) is 0 Å². The van der Waals surface area contributed by atoms with E-state index in [1.54, 1.807) is 19.4 Å². The summed E-state index contributed by atoms with van der Waals surface area (Å²) in [6.45, 7) is 4.13. The Balaban J connectivity index is 2.19. The molecule has 0 aliphatic heterocycles. The molecule has 19 heavy (non-hydrogen) atoms. The van der Waals surface area contributed by atoms with Gasteiger partial charge in [0.2, 0.25) is 0 Å². The summed E-state index contributed by atoms with van der Waals surface area (Å²) in [6.07, 6.45) is 1.72. The van der Waals surface area contributed by atoms with Crippen molar-refractivity contribution in [2.45, 2.75) is 19.9 Å². The van der Waals surface area contributed by atoms with Crippen molar-refractivity contribution in [3.63, 3.8) is 0 Å². The number of pyridine rings is 1. The van der Waals surface area contributed by atoms with Gasteiger partial charge in [-0.25, -0.2) is 4.98 Å². The van der Waals surface area contributed by atoms with Gasteiger partial charge in [-0.3, -0.25) is 0 Å². The molecular formula is C15H17ClN2O. The highest BCUT2D eigenvalue weighted by Gasteiger charge is 2.11. The molecule has 0 fully saturated rings. The van der Waals surface area contributed by atoms with Gasteiger partial charge in [-0.05, 0) is 37.6 Å². The first-order valence-corrected chi connectivity index (χ1v) is 6.50. The van der Waals surface area contributed by atoms with Gasteiger partial charge in [-0.15, -0.1) is 0 Å². The molecule has 0 radical (unpaired) electrons. The zero-order valence-corrected chi connectivity index (χ0v) is 12.0. The monoisotopic (exact) mass is 276 g/mol. The first-order valence-electron chi connectivity index (χ1n) is 6.13. The Kier molecular flexibility index (Phi) is 4.27. The molecule has 1 aromatic heterocycles. The van der Waals surface area contributed by atoms with Gasteiger partial charge in [0.05, 0.1) is 25.0 Å². The number of nitrogens with one attached hydrogen (secondary N) is 1. The molecule has 100 valence electrons. The molecule has 1 heterocycles. The van der Waals surface area contributed by atoms with Crippen molar-refractivity contribution >= 4 is 17.3 Å². The number of aromatic nitrogens is 1. The van der Waals surface area contributed by atoms with E-state index in [0.29, 0.717) is 5.15 Å². The van der Waals surface area contributed by atoms with E-state index in [2.05, 4.69) is 29.4 Å². The highest BCUT2D eigenvalue weighted by atomic mass is 35.5. The van der Waals surface area contributed by atoms with Crippen LogP contribution in [0.2, 0.25) is 5.15 Å². The standard InChI is InChI=1S/C15H17ClN2O/c1-10-4-6-13(14(8-10)19-3)11(2)18-12-5-7-15(16)17-9-12/h4-9,11,18H,1-3H3. The minimum Gasteiger partial charge on any atom is -0.496 e. The van der Waals surface area contributed by atoms with E-state index in [4.69, 9.17) is 16.3 Å². The Hall–Kier alpha value is -1.74. The second kappa shape index (κ2) is 5.93. The zero-order chi connectivity index (χ0) is 13.8. The molecule has 4 heteroatoms. The van der Waals surface area contributed by atoms with Crippen LogP contribution in [-0.2, 0) is 0 Å². The van der Waals surface area contributed by atoms with Gasteiger partial charge >= 0.3 is 0 Å². The third-order valence-electron chi connectivity index (χ3n) is 2.97. The van der Waals surface area contributed by atoms with Crippen LogP contribution < -0.4 is 10.1 Å². The maximum atomic E-state index is 5.77. The molecule has 0 aliphatic carbocycles. The summed E-state index contributed by atoms with van der Waals surface area (Å²) in [5.41, 5.74) is 3.23. The van der Waals surface area contributed by atoms with Gasteiger partial charge in [0.1, 0.15) is 10.9 Å². The van der Waals surface area contributed by atoms with Crippen molar-refractivity contribution in [1.82, 2.24) is 4.98 Å². The van der Waals surface area contributed by atoms with Gasteiger partial charge in [0.25, 0.3) is 0 Å². The molecule has 0 saturated heterocycles. The van der Waals surface area contributed by atoms with Crippen LogP contribution in [0.5, 0.6) is 5.75 Å². The van der Waals surface area contributed by atoms with Gasteiger partial charge in [0.15, 0.2) is 0 Å². The summed E-state index contributed by atoms with van der Waals surface area (Å²) < 4.78 is 5.43. The predicted molar refractivity (Wildman–Crippen MR) is 79.0 cm³/mol. The number of benzene rings is 1. The number of nitrogens with zero attached hydrogens (tertiary/aromatic N) is 1. The fraction of sp³-hybridized carbons (Fsp3) is 0.267. The SMILES string of the molecule is COc1cc(C)ccc1C(C)Nc1ccc(Cl)nc1. The van der Waals surface area contributed by atoms with E-state index in [0.717, 1.165) is 17.0 Å². The third kappa shape index (κ3) is 3.38. The van der Waals surface area contributed by atoms with Crippen LogP contribution in [0.15, 0.2) is 36.5 Å². The number of ether oxygens (including phenoxy) is 1. The average Bonchev–Trinajstić information content (AvgIpc) is 2.41. The smallest absolute Gasteiger partial charge is 0.129 e. The Morgan fingerprint density at radius 2 is 2.05 bits per heavy atom. The summed E-state index contributed by atoms with van der Waals surface area (Å²) in [5, 5.41) is 3.87. The Morgan fingerprint density at radius 1 is 1.26 bits per heavy atom. The average molecular weight is 277 g/mol. The van der Waals surface area contributed by atoms with E-state index < -0.39 is 0 Å². The quantitative estimate of drug-likeness (QED) is 0.849. The highest BCUT2D eigenvalue weighted by Crippen LogP contribution is 2.28. The lowest BCUT2D eigenvalue weighted by atomic mass is 10.0. The van der Waals surface area contributed by atoms with E-state index in [-0.39, 0.29) is 6.04 Å². The molecule has 0 amide bonds. The number of hydrogen-bond donors (Lipinski definition) is 1. The fourth-order valence-electron chi connectivity index (χ4n) is 1.97. The lowest BCUT2D eigenvalue weighted by Crippen LogP contribution is -2.08. The zero-order valence-electron chi connectivity index (χ0n) is 11.3. The molecule has 0 aliphatic rings. The second-order valence-corrected chi connectivity index (χ2v) is 4.87. The summed E-state index contributed by atoms with van der Waals surface area (Å²) >= 11 is 5.77. The van der Waals surface area contributed by atoms with Gasteiger partial charge < -0.3 is 10.1 Å². The molecule has 1 N–H and O–H groups in total. The lowest BCUT2D eigenvalue weighted by molar-refractivity contribution is 0.407. The van der Waals surface area contributed by atoms with E-state index in [1.807, 2.05) is 19.1 Å². The topological polar surface area (TPSA) is 34.1 Å². The molecular weight excluding hydrogens is 260 g/mol. The maximum absolute atomic E-state index is 5.77. The van der Waals surface area contributed by atoms with E-state index in [1.165, 1.54) is 5.56 Å². The molecule has 1 aromatic carbocycles. The van der Waals surface area contributed by atoms with Crippen LogP contribution in [0.25, 0.3) is 0 Å². The number of halogens is 1. The fourth-order valence-corrected chi connectivity index (χ4v) is 2.08.